The molecule has 0 bridgehead atoms. The summed E-state index contributed by atoms with van der Waals surface area (Å²) in [6, 6.07) is -1.04. The number of nitrogens with two attached hydrogens (primary N) is 3. The number of rotatable bonds is 25. The van der Waals surface area contributed by atoms with Gasteiger partial charge in [-0.2, -0.15) is 0 Å². The zero-order chi connectivity index (χ0) is 46.3. The number of carbonyl (C=O) groups is 9. The van der Waals surface area contributed by atoms with E-state index < -0.39 is 101 Å². The number of carboxylic acids is 1. The van der Waals surface area contributed by atoms with Crippen LogP contribution in [0.25, 0.3) is 0 Å². The molecule has 20 heteroatoms. The number of primary amides is 2. The monoisotopic (exact) mass is 849 g/mol. The van der Waals surface area contributed by atoms with Crippen molar-refractivity contribution in [2.45, 2.75) is 137 Å². The molecule has 0 saturated carbocycles. The van der Waals surface area contributed by atoms with Crippen molar-refractivity contribution in [3.63, 3.8) is 0 Å². The van der Waals surface area contributed by atoms with E-state index >= 15 is 0 Å². The number of hydrogen-bond acceptors (Lipinski definition) is 11. The van der Waals surface area contributed by atoms with Crippen molar-refractivity contribution >= 4 is 53.2 Å². The van der Waals surface area contributed by atoms with Crippen LogP contribution in [0.2, 0.25) is 0 Å². The van der Waals surface area contributed by atoms with Crippen LogP contribution in [-0.2, 0) is 49.6 Å². The molecule has 0 aliphatic rings. The van der Waals surface area contributed by atoms with Crippen LogP contribution in [0.5, 0.6) is 5.75 Å². The number of carboxylic acid groups (broad SMARTS) is 1. The van der Waals surface area contributed by atoms with Crippen molar-refractivity contribution in [3.8, 4) is 5.75 Å². The van der Waals surface area contributed by atoms with Crippen molar-refractivity contribution in [1.82, 2.24) is 31.9 Å². The summed E-state index contributed by atoms with van der Waals surface area (Å²) in [7, 11) is 0. The molecule has 0 spiro atoms. The number of aromatic hydroxyl groups is 1. The van der Waals surface area contributed by atoms with Gasteiger partial charge < -0.3 is 59.3 Å². The quantitative estimate of drug-likeness (QED) is 0.0539. The molecule has 20 nitrogen and oxygen atoms in total. The summed E-state index contributed by atoms with van der Waals surface area (Å²) in [5.41, 5.74) is 17.0. The Morgan fingerprint density at radius 3 is 1.52 bits per heavy atom. The van der Waals surface area contributed by atoms with Gasteiger partial charge in [-0.3, -0.25) is 43.2 Å². The van der Waals surface area contributed by atoms with E-state index in [1.165, 1.54) is 19.1 Å². The highest BCUT2D eigenvalue weighted by atomic mass is 16.4. The Morgan fingerprint density at radius 1 is 0.617 bits per heavy atom. The molecule has 8 amide bonds. The molecule has 338 valence electrons. The third-order valence-electron chi connectivity index (χ3n) is 9.28. The summed E-state index contributed by atoms with van der Waals surface area (Å²) in [4.78, 5) is 113. The SMILES string of the molecule is CC(=O)O.CCC(C)C(NC(=O)C(CCC(N)=O)NC(=O)C(NC(C)=O)C(C)C)C(=O)NC(C(=O)NC(Cc1ccc(O)cc1)C(=O)NC(CCCCN)C(N)=O)C(C)C. The average molecular weight is 850 g/mol. The second-order valence-electron chi connectivity index (χ2n) is 15.3. The number of nitrogens with one attached hydrogen (secondary N) is 6. The Balaban J connectivity index is 0.00000829. The first kappa shape index (κ1) is 54.2. The molecule has 1 aromatic carbocycles. The summed E-state index contributed by atoms with van der Waals surface area (Å²) >= 11 is 0. The third kappa shape index (κ3) is 21.3. The standard InChI is InChI=1S/C38H63N9O9.C2H4O2/c1-8-22(6)32(47-34(52)27(16-17-29(40)50)44-36(54)30(20(2)3)42-23(7)48)38(56)46-31(21(4)5)37(55)45-28(19-24-12-14-25(49)15-13-24)35(53)43-26(33(41)51)11-9-10-18-39;1-2(3)4/h12-15,20-22,26-28,30-32,49H,8-11,16-19,39H2,1-7H3,(H2,40,50)(H2,41,51)(H,42,48)(H,43,53)(H,44,54)(H,45,55)(H,46,56)(H,47,52);1H3,(H,3,4). The van der Waals surface area contributed by atoms with Crippen LogP contribution in [0.3, 0.4) is 0 Å². The first-order chi connectivity index (χ1) is 27.9. The molecule has 7 atom stereocenters. The molecule has 0 aromatic heterocycles. The molecule has 14 N–H and O–H groups in total. The van der Waals surface area contributed by atoms with E-state index in [0.29, 0.717) is 31.4 Å². The van der Waals surface area contributed by atoms with Crippen molar-refractivity contribution in [2.24, 2.45) is 35.0 Å². The Hall–Kier alpha value is -5.79. The summed E-state index contributed by atoms with van der Waals surface area (Å²) in [6.07, 6.45) is 1.24. The van der Waals surface area contributed by atoms with Gasteiger partial charge in [0.1, 0.15) is 42.0 Å². The van der Waals surface area contributed by atoms with Crippen molar-refractivity contribution in [1.29, 1.82) is 0 Å². The minimum absolute atomic E-state index is 0.00988. The minimum atomic E-state index is -1.31. The van der Waals surface area contributed by atoms with E-state index in [1.54, 1.807) is 53.7 Å². The number of phenols is 1. The van der Waals surface area contributed by atoms with Crippen LogP contribution in [0, 0.1) is 17.8 Å². The summed E-state index contributed by atoms with van der Waals surface area (Å²) in [6.45, 7) is 13.0. The molecule has 0 fully saturated rings. The second-order valence-corrected chi connectivity index (χ2v) is 15.3. The van der Waals surface area contributed by atoms with Gasteiger partial charge in [-0.25, -0.2) is 0 Å². The normalized spacial score (nSPS) is 14.3. The van der Waals surface area contributed by atoms with E-state index in [2.05, 4.69) is 31.9 Å². The lowest BCUT2D eigenvalue weighted by atomic mass is 9.95. The zero-order valence-corrected chi connectivity index (χ0v) is 36.0. The van der Waals surface area contributed by atoms with Gasteiger partial charge in [-0.05, 0) is 67.7 Å². The lowest BCUT2D eigenvalue weighted by molar-refractivity contribution is -0.137. The molecule has 7 unspecified atom stereocenters. The Morgan fingerprint density at radius 2 is 1.07 bits per heavy atom. The number of amides is 8. The fourth-order valence-electron chi connectivity index (χ4n) is 5.69. The van der Waals surface area contributed by atoms with Crippen molar-refractivity contribution in [2.75, 3.05) is 6.54 Å². The second kappa shape index (κ2) is 27.8. The van der Waals surface area contributed by atoms with Gasteiger partial charge in [0.2, 0.25) is 47.3 Å². The van der Waals surface area contributed by atoms with E-state index in [1.807, 2.05) is 0 Å². The Bertz CT molecular complexity index is 1600. The molecule has 0 saturated heterocycles. The lowest BCUT2D eigenvalue weighted by Gasteiger charge is -2.31. The van der Waals surface area contributed by atoms with E-state index in [0.717, 1.165) is 6.92 Å². The van der Waals surface area contributed by atoms with E-state index in [-0.39, 0.29) is 37.4 Å². The lowest BCUT2D eigenvalue weighted by Crippen LogP contribution is -2.62. The van der Waals surface area contributed by atoms with Crippen LogP contribution < -0.4 is 49.1 Å². The zero-order valence-electron chi connectivity index (χ0n) is 36.0. The topological polar surface area (TPSA) is 344 Å². The van der Waals surface area contributed by atoms with Crippen molar-refractivity contribution in [3.05, 3.63) is 29.8 Å². The predicted molar refractivity (Wildman–Crippen MR) is 222 cm³/mol. The molecule has 0 heterocycles. The smallest absolute Gasteiger partial charge is 0.300 e. The van der Waals surface area contributed by atoms with Crippen LogP contribution in [0.15, 0.2) is 24.3 Å². The van der Waals surface area contributed by atoms with Gasteiger partial charge in [0.05, 0.1) is 0 Å². The van der Waals surface area contributed by atoms with Crippen LogP contribution in [0.4, 0.5) is 0 Å². The molecule has 60 heavy (non-hydrogen) atoms. The van der Waals surface area contributed by atoms with Gasteiger partial charge in [0.25, 0.3) is 5.97 Å². The van der Waals surface area contributed by atoms with E-state index in [9.17, 15) is 43.5 Å². The fourth-order valence-corrected chi connectivity index (χ4v) is 5.69. The third-order valence-corrected chi connectivity index (χ3v) is 9.28. The highest BCUT2D eigenvalue weighted by Gasteiger charge is 2.36. The predicted octanol–water partition coefficient (Wildman–Crippen LogP) is -0.808. The van der Waals surface area contributed by atoms with Gasteiger partial charge in [-0.1, -0.05) is 60.1 Å². The van der Waals surface area contributed by atoms with E-state index in [4.69, 9.17) is 27.1 Å². The van der Waals surface area contributed by atoms with Crippen LogP contribution in [-0.4, -0.2) is 106 Å². The first-order valence-electron chi connectivity index (χ1n) is 20.0. The average Bonchev–Trinajstić information content (AvgIpc) is 3.15. The van der Waals surface area contributed by atoms with Crippen LogP contribution >= 0.6 is 0 Å². The summed E-state index contributed by atoms with van der Waals surface area (Å²) < 4.78 is 0. The van der Waals surface area contributed by atoms with Crippen LogP contribution in [0.1, 0.15) is 99.5 Å². The largest absolute Gasteiger partial charge is 0.508 e. The maximum atomic E-state index is 13.9. The molecule has 0 aliphatic carbocycles. The number of benzene rings is 1. The van der Waals surface area contributed by atoms with Gasteiger partial charge in [0.15, 0.2) is 0 Å². The molecular weight excluding hydrogens is 782 g/mol. The van der Waals surface area contributed by atoms with Crippen molar-refractivity contribution < 1.29 is 53.4 Å². The highest BCUT2D eigenvalue weighted by Crippen LogP contribution is 2.15. The molecule has 1 aromatic rings. The Kier molecular flexibility index (Phi) is 25.1. The maximum Gasteiger partial charge on any atom is 0.300 e. The number of phenolic OH excluding ortho intramolecular Hbond substituents is 1. The summed E-state index contributed by atoms with van der Waals surface area (Å²) in [5, 5.41) is 33.0. The molecule has 0 radical (unpaired) electrons. The summed E-state index contributed by atoms with van der Waals surface area (Å²) in [5.74, 6) is -7.79. The number of unbranched alkanes of at least 4 members (excludes halogenated alkanes) is 1. The number of hydrogen-bond donors (Lipinski definition) is 11. The molecule has 1 rings (SSSR count). The van der Waals surface area contributed by atoms with Gasteiger partial charge in [0, 0.05) is 26.7 Å². The first-order valence-corrected chi connectivity index (χ1v) is 20.0. The highest BCUT2D eigenvalue weighted by molar-refractivity contribution is 5.97. The number of aliphatic carboxylic acids is 1. The molecule has 0 aliphatic heterocycles. The van der Waals surface area contributed by atoms with Gasteiger partial charge in [-0.15, -0.1) is 0 Å². The maximum absolute atomic E-state index is 13.9. The molecular formula is C40H67N9O11. The van der Waals surface area contributed by atoms with Gasteiger partial charge >= 0.3 is 0 Å². The Labute approximate surface area is 351 Å². The fraction of sp³-hybridized carbons (Fsp3) is 0.625. The number of carbonyl (C=O) groups excluding carboxylic acids is 8. The minimum Gasteiger partial charge on any atom is -0.508 e.